The van der Waals surface area contributed by atoms with E-state index >= 15 is 0 Å². The highest BCUT2D eigenvalue weighted by molar-refractivity contribution is 5.90. The van der Waals surface area contributed by atoms with E-state index in [2.05, 4.69) is 27.5 Å². The van der Waals surface area contributed by atoms with Crippen LogP contribution in [0.25, 0.3) is 22.2 Å². The number of nitrogens with zero attached hydrogens (tertiary/aromatic N) is 5. The molecule has 0 saturated heterocycles. The number of hydrogen-bond acceptors (Lipinski definition) is 7. The van der Waals surface area contributed by atoms with Crippen LogP contribution in [0.5, 0.6) is 0 Å². The summed E-state index contributed by atoms with van der Waals surface area (Å²) in [4.78, 5) is 21.6. The number of carbonyl (C=O) groups excluding carboxylic acids is 1. The molecule has 8 heteroatoms. The van der Waals surface area contributed by atoms with Crippen LogP contribution in [0.15, 0.2) is 54.9 Å². The van der Waals surface area contributed by atoms with Gasteiger partial charge in [-0.05, 0) is 81.5 Å². The molecule has 1 aliphatic carbocycles. The number of benzene rings is 1. The van der Waals surface area contributed by atoms with E-state index in [0.717, 1.165) is 29.5 Å². The van der Waals surface area contributed by atoms with Crippen LogP contribution >= 0.6 is 0 Å². The summed E-state index contributed by atoms with van der Waals surface area (Å²) in [5.74, 6) is 1.77. The van der Waals surface area contributed by atoms with Gasteiger partial charge in [-0.3, -0.25) is 0 Å². The maximum Gasteiger partial charge on any atom is 0.435 e. The van der Waals surface area contributed by atoms with Crippen LogP contribution in [0.4, 0.5) is 16.4 Å². The second-order valence-electron chi connectivity index (χ2n) is 9.42. The predicted octanol–water partition coefficient (Wildman–Crippen LogP) is 5.77. The second kappa shape index (κ2) is 8.27. The van der Waals surface area contributed by atoms with Gasteiger partial charge in [-0.2, -0.15) is 15.0 Å². The molecule has 3 aromatic heterocycles. The van der Waals surface area contributed by atoms with E-state index in [4.69, 9.17) is 15.0 Å². The molecule has 0 aliphatic heterocycles. The Morgan fingerprint density at radius 2 is 1.97 bits per heavy atom. The van der Waals surface area contributed by atoms with E-state index in [0.29, 0.717) is 28.6 Å². The quantitative estimate of drug-likeness (QED) is 0.419. The summed E-state index contributed by atoms with van der Waals surface area (Å²) < 4.78 is 6.73. The van der Waals surface area contributed by atoms with Crippen LogP contribution in [0.1, 0.15) is 50.7 Å². The van der Waals surface area contributed by atoms with Gasteiger partial charge in [0, 0.05) is 17.1 Å². The molecule has 1 N–H and O–H groups in total. The van der Waals surface area contributed by atoms with E-state index in [9.17, 15) is 4.79 Å². The van der Waals surface area contributed by atoms with Crippen molar-refractivity contribution in [3.05, 3.63) is 66.0 Å². The van der Waals surface area contributed by atoms with Gasteiger partial charge in [0.05, 0.1) is 29.0 Å². The van der Waals surface area contributed by atoms with Crippen LogP contribution in [0.3, 0.4) is 0 Å². The van der Waals surface area contributed by atoms with Crippen molar-refractivity contribution < 1.29 is 9.53 Å². The zero-order chi connectivity index (χ0) is 23.9. The molecule has 170 valence electrons. The highest BCUT2D eigenvalue weighted by atomic mass is 16.6. The predicted molar refractivity (Wildman–Crippen MR) is 129 cm³/mol. The summed E-state index contributed by atoms with van der Waals surface area (Å²) in [5.41, 5.74) is 3.55. The van der Waals surface area contributed by atoms with Crippen LogP contribution in [-0.2, 0) is 4.74 Å². The Balaban J connectivity index is 1.49. The molecular weight excluding hydrogens is 428 g/mol. The lowest BCUT2D eigenvalue weighted by Gasteiger charge is -2.19. The maximum absolute atomic E-state index is 12.5. The molecule has 0 bridgehead atoms. The van der Waals surface area contributed by atoms with Gasteiger partial charge in [-0.25, -0.2) is 14.8 Å². The third kappa shape index (κ3) is 4.59. The molecule has 0 atom stereocenters. The highest BCUT2D eigenvalue weighted by Gasteiger charge is 2.25. The first-order valence-electron chi connectivity index (χ1n) is 11.2. The Kier molecular flexibility index (Phi) is 5.25. The topological polar surface area (TPSA) is 106 Å². The Morgan fingerprint density at radius 1 is 1.15 bits per heavy atom. The number of ether oxygens (including phenoxy) is 1. The molecule has 4 aromatic rings. The molecule has 34 heavy (non-hydrogen) atoms. The first kappa shape index (κ1) is 21.6. The van der Waals surface area contributed by atoms with Gasteiger partial charge in [0.25, 0.3) is 0 Å². The molecule has 1 aromatic carbocycles. The number of nitriles is 1. The van der Waals surface area contributed by atoms with Crippen LogP contribution in [0, 0.1) is 11.3 Å². The first-order valence-corrected chi connectivity index (χ1v) is 11.2. The molecule has 0 radical (unpaired) electrons. The number of nitrogens with one attached hydrogen (secondary N) is 1. The van der Waals surface area contributed by atoms with Gasteiger partial charge in [0.15, 0.2) is 0 Å². The average Bonchev–Trinajstić information content (AvgIpc) is 3.56. The van der Waals surface area contributed by atoms with Gasteiger partial charge in [0.1, 0.15) is 17.2 Å². The third-order valence-electron chi connectivity index (χ3n) is 5.47. The van der Waals surface area contributed by atoms with Crippen molar-refractivity contribution in [1.82, 2.24) is 19.7 Å². The molecule has 1 fully saturated rings. The molecule has 0 amide bonds. The van der Waals surface area contributed by atoms with Crippen molar-refractivity contribution in [2.45, 2.75) is 45.1 Å². The molecule has 1 aliphatic rings. The number of hydrogen-bond donors (Lipinski definition) is 1. The van der Waals surface area contributed by atoms with E-state index in [1.165, 1.54) is 10.2 Å². The number of rotatable bonds is 4. The molecule has 0 unspecified atom stereocenters. The van der Waals surface area contributed by atoms with Gasteiger partial charge in [-0.15, -0.1) is 0 Å². The van der Waals surface area contributed by atoms with Crippen LogP contribution < -0.4 is 5.32 Å². The van der Waals surface area contributed by atoms with Crippen molar-refractivity contribution in [1.29, 1.82) is 5.26 Å². The minimum absolute atomic E-state index is 0.511. The number of carbonyl (C=O) groups is 1. The van der Waals surface area contributed by atoms with Gasteiger partial charge in [0.2, 0.25) is 0 Å². The SMILES string of the molecule is CC(C)(C)OC(=O)n1ncc2cc(-c3cc(C4CC4)cc(Nc4cc(C#N)ccn4)n3)ccc21. The molecule has 0 spiro atoms. The summed E-state index contributed by atoms with van der Waals surface area (Å²) in [6.07, 6.45) is 5.06. The fraction of sp³-hybridized carbons (Fsp3) is 0.269. The van der Waals surface area contributed by atoms with Gasteiger partial charge < -0.3 is 10.1 Å². The van der Waals surface area contributed by atoms with E-state index in [-0.39, 0.29) is 0 Å². The van der Waals surface area contributed by atoms with Gasteiger partial charge >= 0.3 is 6.09 Å². The molecule has 5 rings (SSSR count). The Morgan fingerprint density at radius 3 is 2.71 bits per heavy atom. The third-order valence-corrected chi connectivity index (χ3v) is 5.47. The number of aromatic nitrogens is 4. The summed E-state index contributed by atoms with van der Waals surface area (Å²) in [6, 6.07) is 15.4. The van der Waals surface area contributed by atoms with Crippen LogP contribution in [-0.4, -0.2) is 31.4 Å². The lowest BCUT2D eigenvalue weighted by atomic mass is 10.0. The summed E-state index contributed by atoms with van der Waals surface area (Å²) in [6.45, 7) is 5.47. The molecule has 3 heterocycles. The first-order chi connectivity index (χ1) is 16.3. The highest BCUT2D eigenvalue weighted by Crippen LogP contribution is 2.42. The summed E-state index contributed by atoms with van der Waals surface area (Å²) in [7, 11) is 0. The minimum Gasteiger partial charge on any atom is -0.442 e. The molecular formula is C26H24N6O2. The number of fused-ring (bicyclic) bond motifs is 1. The average molecular weight is 453 g/mol. The van der Waals surface area contributed by atoms with Crippen molar-refractivity contribution in [3.8, 4) is 17.3 Å². The minimum atomic E-state index is -0.604. The zero-order valence-electron chi connectivity index (χ0n) is 19.2. The summed E-state index contributed by atoms with van der Waals surface area (Å²) >= 11 is 0. The van der Waals surface area contributed by atoms with E-state index in [1.54, 1.807) is 24.5 Å². The standard InChI is InChI=1S/C26H24N6O2/c1-26(2,3)34-25(33)32-22-7-6-18(11-20(22)15-29-32)21-12-19(17-4-5-17)13-24(30-21)31-23-10-16(14-27)8-9-28-23/h6-13,15,17H,4-5H2,1-3H3,(H,28,30,31). The Bertz CT molecular complexity index is 1440. The second-order valence-corrected chi connectivity index (χ2v) is 9.42. The lowest BCUT2D eigenvalue weighted by molar-refractivity contribution is 0.0522. The Hall–Kier alpha value is -4.25. The maximum atomic E-state index is 12.5. The summed E-state index contributed by atoms with van der Waals surface area (Å²) in [5, 5.41) is 17.5. The smallest absolute Gasteiger partial charge is 0.435 e. The Labute approximate surface area is 197 Å². The van der Waals surface area contributed by atoms with Crippen molar-refractivity contribution in [3.63, 3.8) is 0 Å². The fourth-order valence-electron chi connectivity index (χ4n) is 3.76. The number of anilines is 2. The zero-order valence-corrected chi connectivity index (χ0v) is 19.2. The van der Waals surface area contributed by atoms with E-state index < -0.39 is 11.7 Å². The normalized spacial score (nSPS) is 13.5. The van der Waals surface area contributed by atoms with E-state index in [1.807, 2.05) is 45.0 Å². The van der Waals surface area contributed by atoms with Crippen molar-refractivity contribution >= 4 is 28.6 Å². The van der Waals surface area contributed by atoms with Crippen LogP contribution in [0.2, 0.25) is 0 Å². The lowest BCUT2D eigenvalue weighted by Crippen LogP contribution is -2.27. The fourth-order valence-corrected chi connectivity index (χ4v) is 3.76. The molecule has 1 saturated carbocycles. The molecule has 8 nitrogen and oxygen atoms in total. The van der Waals surface area contributed by atoms with Crippen molar-refractivity contribution in [2.75, 3.05) is 5.32 Å². The monoisotopic (exact) mass is 452 g/mol. The number of pyridine rings is 2. The van der Waals surface area contributed by atoms with Crippen molar-refractivity contribution in [2.24, 2.45) is 0 Å². The van der Waals surface area contributed by atoms with Gasteiger partial charge in [-0.1, -0.05) is 6.07 Å². The largest absolute Gasteiger partial charge is 0.442 e.